The number of ether oxygens (including phenoxy) is 5. The molecule has 0 aromatic rings. The van der Waals surface area contributed by atoms with Gasteiger partial charge >= 0.3 is 23.9 Å². The normalized spacial score (nSPS) is 18.9. The molecule has 12 nitrogen and oxygen atoms in total. The number of carbonyl (C=O) groups is 4. The van der Waals surface area contributed by atoms with Crippen LogP contribution in [-0.2, 0) is 42.9 Å². The van der Waals surface area contributed by atoms with Gasteiger partial charge in [0.2, 0.25) is 0 Å². The monoisotopic (exact) mass is 1050 g/mol. The predicted octanol–water partition coefficient (Wildman–Crippen LogP) is 14.9. The number of aliphatic hydroxyl groups excluding tert-OH is 2. The van der Waals surface area contributed by atoms with E-state index >= 15 is 0 Å². The first-order valence-electron chi connectivity index (χ1n) is 29.2. The molecule has 1 heterocycles. The van der Waals surface area contributed by atoms with Crippen LogP contribution >= 0.6 is 0 Å². The van der Waals surface area contributed by atoms with Crippen molar-refractivity contribution in [3.63, 3.8) is 0 Å². The number of aliphatic hydroxyl groups is 2. The number of aliphatic carboxylic acids is 1. The second kappa shape index (κ2) is 50.5. The smallest absolute Gasteiger partial charge is 0.335 e. The van der Waals surface area contributed by atoms with Gasteiger partial charge in [-0.2, -0.15) is 0 Å². The first kappa shape index (κ1) is 68.7. The first-order valence-corrected chi connectivity index (χ1v) is 29.2. The van der Waals surface area contributed by atoms with Crippen LogP contribution in [0, 0.1) is 0 Å². The molecule has 426 valence electrons. The van der Waals surface area contributed by atoms with Crippen LogP contribution < -0.4 is 0 Å². The van der Waals surface area contributed by atoms with E-state index in [-0.39, 0.29) is 25.9 Å². The average molecular weight is 1050 g/mol. The van der Waals surface area contributed by atoms with Crippen LogP contribution in [0.5, 0.6) is 0 Å². The molecule has 0 saturated carbocycles. The van der Waals surface area contributed by atoms with Crippen LogP contribution in [0.3, 0.4) is 0 Å². The minimum atomic E-state index is -1.92. The van der Waals surface area contributed by atoms with E-state index in [0.29, 0.717) is 25.7 Å². The highest BCUT2D eigenvalue weighted by atomic mass is 16.7. The summed E-state index contributed by atoms with van der Waals surface area (Å²) in [6.45, 7) is 5.68. The lowest BCUT2D eigenvalue weighted by atomic mass is 9.98. The van der Waals surface area contributed by atoms with Crippen molar-refractivity contribution in [3.8, 4) is 0 Å². The Hall–Kier alpha value is -4.36. The van der Waals surface area contributed by atoms with Crippen LogP contribution in [0.15, 0.2) is 97.2 Å². The van der Waals surface area contributed by atoms with E-state index in [0.717, 1.165) is 96.3 Å². The van der Waals surface area contributed by atoms with Crippen molar-refractivity contribution < 1.29 is 58.2 Å². The van der Waals surface area contributed by atoms with Gasteiger partial charge in [-0.1, -0.05) is 214 Å². The summed E-state index contributed by atoms with van der Waals surface area (Å²) in [6.07, 6.45) is 53.9. The predicted molar refractivity (Wildman–Crippen MR) is 303 cm³/mol. The minimum Gasteiger partial charge on any atom is -0.479 e. The lowest BCUT2D eigenvalue weighted by molar-refractivity contribution is -0.301. The molecular weight excluding hydrogens is 949 g/mol. The minimum absolute atomic E-state index is 0.0503. The van der Waals surface area contributed by atoms with Crippen LogP contribution in [-0.4, -0.2) is 89.2 Å². The summed E-state index contributed by atoms with van der Waals surface area (Å²) in [4.78, 5) is 51.1. The molecule has 1 saturated heterocycles. The Labute approximate surface area is 453 Å². The number of hydrogen-bond acceptors (Lipinski definition) is 11. The summed E-state index contributed by atoms with van der Waals surface area (Å²) in [6, 6.07) is 0. The van der Waals surface area contributed by atoms with Gasteiger partial charge in [0.15, 0.2) is 24.6 Å². The fourth-order valence-corrected chi connectivity index (χ4v) is 8.24. The molecule has 0 bridgehead atoms. The molecule has 0 spiro atoms. The van der Waals surface area contributed by atoms with E-state index in [1.165, 1.54) is 64.2 Å². The molecule has 0 aromatic heterocycles. The lowest BCUT2D eigenvalue weighted by Gasteiger charge is -2.40. The summed E-state index contributed by atoms with van der Waals surface area (Å²) in [5, 5.41) is 31.5. The Morgan fingerprint density at radius 3 is 1.32 bits per heavy atom. The van der Waals surface area contributed by atoms with E-state index in [9.17, 15) is 34.5 Å². The number of unbranched alkanes of at least 4 members (excludes halogenated alkanes) is 18. The number of allylic oxidation sites excluding steroid dienone is 16. The zero-order valence-electron chi connectivity index (χ0n) is 46.8. The van der Waals surface area contributed by atoms with Gasteiger partial charge < -0.3 is 39.0 Å². The third-order valence-corrected chi connectivity index (χ3v) is 12.7. The fourth-order valence-electron chi connectivity index (χ4n) is 8.24. The second-order valence-corrected chi connectivity index (χ2v) is 19.5. The Morgan fingerprint density at radius 2 is 0.853 bits per heavy atom. The van der Waals surface area contributed by atoms with Crippen LogP contribution in [0.1, 0.15) is 226 Å². The van der Waals surface area contributed by atoms with E-state index in [1.807, 2.05) is 6.08 Å². The third kappa shape index (κ3) is 40.6. The van der Waals surface area contributed by atoms with Gasteiger partial charge in [-0.15, -0.1) is 0 Å². The Bertz CT molecular complexity index is 1670. The number of hydrogen-bond donors (Lipinski definition) is 3. The molecule has 1 fully saturated rings. The van der Waals surface area contributed by atoms with Crippen molar-refractivity contribution in [2.75, 3.05) is 13.2 Å². The first-order chi connectivity index (χ1) is 36.6. The molecule has 12 heteroatoms. The SMILES string of the molecule is CC/C=C\C/C=C\C/C=C\C/C=C\C/C=C\CCCC(=O)OCC(COC1OC(C(=O)O)C(O)C(O)C1OC(=O)CCCCCCCCCCCCCCCCC)OC(=O)CCCCC/C=C\C/C=C\C/C=C\CC. The third-order valence-electron chi connectivity index (χ3n) is 12.7. The zero-order chi connectivity index (χ0) is 54.7. The van der Waals surface area contributed by atoms with Gasteiger partial charge in [0.25, 0.3) is 0 Å². The van der Waals surface area contributed by atoms with Crippen molar-refractivity contribution in [2.45, 2.75) is 263 Å². The number of carboxylic acid groups (broad SMARTS) is 1. The second-order valence-electron chi connectivity index (χ2n) is 19.5. The quantitative estimate of drug-likeness (QED) is 0.0228. The number of carboxylic acids is 1. The van der Waals surface area contributed by atoms with Gasteiger partial charge in [0.05, 0.1) is 6.61 Å². The molecule has 0 aliphatic carbocycles. The van der Waals surface area contributed by atoms with Crippen molar-refractivity contribution in [2.24, 2.45) is 0 Å². The molecule has 1 aliphatic rings. The highest BCUT2D eigenvalue weighted by Gasteiger charge is 2.50. The van der Waals surface area contributed by atoms with Crippen molar-refractivity contribution >= 4 is 23.9 Å². The fraction of sp³-hybridized carbons (Fsp3) is 0.683. The molecule has 0 amide bonds. The molecule has 1 aliphatic heterocycles. The van der Waals surface area contributed by atoms with Crippen molar-refractivity contribution in [1.82, 2.24) is 0 Å². The summed E-state index contributed by atoms with van der Waals surface area (Å²) >= 11 is 0. The van der Waals surface area contributed by atoms with Gasteiger partial charge in [0, 0.05) is 19.3 Å². The molecular formula is C63H102O12. The maximum Gasteiger partial charge on any atom is 0.335 e. The molecule has 0 radical (unpaired) electrons. The summed E-state index contributed by atoms with van der Waals surface area (Å²) in [5.74, 6) is -3.24. The highest BCUT2D eigenvalue weighted by molar-refractivity contribution is 5.74. The largest absolute Gasteiger partial charge is 0.479 e. The van der Waals surface area contributed by atoms with Gasteiger partial charge in [-0.3, -0.25) is 14.4 Å². The molecule has 1 rings (SSSR count). The van der Waals surface area contributed by atoms with Crippen LogP contribution in [0.2, 0.25) is 0 Å². The van der Waals surface area contributed by atoms with Crippen LogP contribution in [0.4, 0.5) is 0 Å². The van der Waals surface area contributed by atoms with E-state index < -0.39 is 67.3 Å². The number of rotatable bonds is 48. The highest BCUT2D eigenvalue weighted by Crippen LogP contribution is 2.26. The topological polar surface area (TPSA) is 175 Å². The maximum atomic E-state index is 13.1. The van der Waals surface area contributed by atoms with E-state index in [1.54, 1.807) is 0 Å². The van der Waals surface area contributed by atoms with Gasteiger partial charge in [-0.05, 0) is 89.9 Å². The molecule has 3 N–H and O–H groups in total. The molecule has 6 unspecified atom stereocenters. The molecule has 75 heavy (non-hydrogen) atoms. The summed E-state index contributed by atoms with van der Waals surface area (Å²) < 4.78 is 28.3. The van der Waals surface area contributed by atoms with Crippen molar-refractivity contribution in [3.05, 3.63) is 97.2 Å². The van der Waals surface area contributed by atoms with Gasteiger partial charge in [-0.25, -0.2) is 4.79 Å². The Balaban J connectivity index is 2.74. The summed E-state index contributed by atoms with van der Waals surface area (Å²) in [7, 11) is 0. The Kier molecular flexibility index (Phi) is 46.2. The standard InChI is InChI=1S/C63H102O12/c1-4-7-10-13-16-19-22-25-27-28-30-32-34-37-40-43-46-49-55(64)71-52-54(73-56(65)50-47-44-41-38-35-31-24-21-18-15-12-9-6-3)53-72-63-61(59(68)58(67)60(75-63)62(69)70)74-57(66)51-48-45-42-39-36-33-29-26-23-20-17-14-11-8-5-2/h7,9-10,12,16,18-19,21,25,27,30-32,35,37,40,54,58-61,63,67-68H,4-6,8,11,13-15,17,20,22-24,26,28-29,33-34,36,38-39,41-53H2,1-3H3,(H,69,70)/b10-7-,12-9-,19-16-,21-18-,27-25-,32-30-,35-31-,40-37-. The average Bonchev–Trinajstić information content (AvgIpc) is 3.39. The molecule has 6 atom stereocenters. The maximum absolute atomic E-state index is 13.1. The van der Waals surface area contributed by atoms with E-state index in [4.69, 9.17) is 23.7 Å². The number of esters is 3. The molecule has 0 aromatic carbocycles. The Morgan fingerprint density at radius 1 is 0.453 bits per heavy atom. The van der Waals surface area contributed by atoms with Crippen molar-refractivity contribution in [1.29, 1.82) is 0 Å². The zero-order valence-corrected chi connectivity index (χ0v) is 46.8. The van der Waals surface area contributed by atoms with Gasteiger partial charge in [0.1, 0.15) is 18.8 Å². The van der Waals surface area contributed by atoms with Crippen LogP contribution in [0.25, 0.3) is 0 Å². The lowest BCUT2D eigenvalue weighted by Crippen LogP contribution is -2.61. The number of carbonyl (C=O) groups excluding carboxylic acids is 3. The summed E-state index contributed by atoms with van der Waals surface area (Å²) in [5.41, 5.74) is 0. The van der Waals surface area contributed by atoms with E-state index in [2.05, 4.69) is 112 Å².